The fourth-order valence-corrected chi connectivity index (χ4v) is 3.81. The van der Waals surface area contributed by atoms with Gasteiger partial charge in [-0.3, -0.25) is 4.79 Å². The number of thiazole rings is 1. The topological polar surface area (TPSA) is 71.8 Å². The number of nitrogens with zero attached hydrogens (tertiary/aromatic N) is 3. The lowest BCUT2D eigenvalue weighted by Crippen LogP contribution is -2.15. The molecule has 4 aromatic rings. The molecule has 140 valence electrons. The van der Waals surface area contributed by atoms with Gasteiger partial charge >= 0.3 is 0 Å². The number of carbonyl (C=O) groups excluding carboxylic acids is 1. The van der Waals surface area contributed by atoms with Crippen LogP contribution in [0.25, 0.3) is 5.69 Å². The Hall–Kier alpha value is -3.10. The van der Waals surface area contributed by atoms with Crippen LogP contribution in [0.5, 0.6) is 0 Å². The van der Waals surface area contributed by atoms with Crippen molar-refractivity contribution in [2.45, 2.75) is 11.8 Å². The van der Waals surface area contributed by atoms with E-state index in [9.17, 15) is 4.79 Å². The number of aryl methyl sites for hydroxylation is 1. The first-order chi connectivity index (χ1) is 13.7. The van der Waals surface area contributed by atoms with Crippen molar-refractivity contribution in [2.75, 3.05) is 10.0 Å². The molecule has 2 N–H and O–H groups in total. The van der Waals surface area contributed by atoms with Gasteiger partial charge in [-0.2, -0.15) is 5.10 Å². The number of rotatable bonds is 6. The highest BCUT2D eigenvalue weighted by atomic mass is 32.2. The van der Waals surface area contributed by atoms with Gasteiger partial charge in [0.2, 0.25) is 0 Å². The third-order valence-corrected chi connectivity index (χ3v) is 5.50. The minimum atomic E-state index is -0.179. The molecule has 2 aromatic heterocycles. The second kappa shape index (κ2) is 8.28. The monoisotopic (exact) mass is 407 g/mol. The number of carbonyl (C=O) groups is 1. The molecule has 0 aliphatic heterocycles. The van der Waals surface area contributed by atoms with E-state index in [4.69, 9.17) is 0 Å². The van der Waals surface area contributed by atoms with Crippen LogP contribution in [0.2, 0.25) is 0 Å². The Kier molecular flexibility index (Phi) is 5.41. The Morgan fingerprint density at radius 3 is 2.61 bits per heavy atom. The molecular weight excluding hydrogens is 390 g/mol. The van der Waals surface area contributed by atoms with Gasteiger partial charge < -0.3 is 10.0 Å². The van der Waals surface area contributed by atoms with E-state index in [-0.39, 0.29) is 5.91 Å². The number of amides is 1. The summed E-state index contributed by atoms with van der Waals surface area (Å²) in [6.45, 7) is 1.90. The molecule has 0 aliphatic carbocycles. The number of aromatic nitrogens is 3. The molecule has 28 heavy (non-hydrogen) atoms. The molecule has 0 atom stereocenters. The summed E-state index contributed by atoms with van der Waals surface area (Å²) in [5, 5.41) is 10.2. The fraction of sp³-hybridized carbons (Fsp3) is 0.0500. The van der Waals surface area contributed by atoms with Crippen molar-refractivity contribution in [1.82, 2.24) is 14.8 Å². The van der Waals surface area contributed by atoms with Crippen molar-refractivity contribution >= 4 is 40.1 Å². The Balaban J connectivity index is 1.45. The zero-order valence-corrected chi connectivity index (χ0v) is 16.6. The molecule has 1 amide bonds. The second-order valence-electron chi connectivity index (χ2n) is 5.94. The number of para-hydroxylation sites is 1. The van der Waals surface area contributed by atoms with Crippen LogP contribution in [-0.2, 0) is 0 Å². The fourth-order valence-electron chi connectivity index (χ4n) is 2.59. The van der Waals surface area contributed by atoms with Crippen LogP contribution in [0.15, 0.2) is 77.1 Å². The molecule has 0 fully saturated rings. The molecule has 4 rings (SSSR count). The van der Waals surface area contributed by atoms with Crippen LogP contribution in [0.1, 0.15) is 16.1 Å². The first-order valence-corrected chi connectivity index (χ1v) is 10.2. The summed E-state index contributed by atoms with van der Waals surface area (Å²) in [5.41, 5.74) is 2.31. The third kappa shape index (κ3) is 4.24. The molecule has 2 aromatic carbocycles. The lowest BCUT2D eigenvalue weighted by atomic mass is 10.2. The predicted molar refractivity (Wildman–Crippen MR) is 114 cm³/mol. The number of benzene rings is 2. The van der Waals surface area contributed by atoms with E-state index >= 15 is 0 Å². The van der Waals surface area contributed by atoms with E-state index in [0.717, 1.165) is 21.4 Å². The van der Waals surface area contributed by atoms with Crippen LogP contribution in [-0.4, -0.2) is 20.7 Å². The molecule has 6 nitrogen and oxygen atoms in total. The van der Waals surface area contributed by atoms with E-state index in [2.05, 4.69) is 20.1 Å². The van der Waals surface area contributed by atoms with Crippen LogP contribution < -0.4 is 10.0 Å². The molecule has 2 heterocycles. The summed E-state index contributed by atoms with van der Waals surface area (Å²) in [6, 6.07) is 19.0. The highest BCUT2D eigenvalue weighted by Crippen LogP contribution is 2.23. The maximum Gasteiger partial charge on any atom is 0.256 e. The van der Waals surface area contributed by atoms with E-state index in [0.29, 0.717) is 11.4 Å². The average molecular weight is 408 g/mol. The molecule has 0 aliphatic rings. The largest absolute Gasteiger partial charge is 0.306 e. The Morgan fingerprint density at radius 2 is 1.89 bits per heavy atom. The molecular formula is C20H17N5OS2. The molecule has 0 bridgehead atoms. The molecule has 0 radical (unpaired) electrons. The Bertz CT molecular complexity index is 1060. The summed E-state index contributed by atoms with van der Waals surface area (Å²) in [5.74, 6) is 0.458. The van der Waals surface area contributed by atoms with Crippen molar-refractivity contribution in [3.05, 3.63) is 83.5 Å². The normalized spacial score (nSPS) is 10.6. The minimum absolute atomic E-state index is 0.179. The summed E-state index contributed by atoms with van der Waals surface area (Å²) in [6.07, 6.45) is 1.75. The highest BCUT2D eigenvalue weighted by Gasteiger charge is 2.12. The van der Waals surface area contributed by atoms with Gasteiger partial charge in [-0.05, 0) is 55.3 Å². The summed E-state index contributed by atoms with van der Waals surface area (Å²) in [7, 11) is 0. The maximum atomic E-state index is 12.7. The number of hydrogen-bond donors (Lipinski definition) is 2. The Morgan fingerprint density at radius 1 is 1.11 bits per heavy atom. The smallest absolute Gasteiger partial charge is 0.256 e. The van der Waals surface area contributed by atoms with Crippen LogP contribution in [0.3, 0.4) is 0 Å². The van der Waals surface area contributed by atoms with Crippen molar-refractivity contribution in [1.29, 1.82) is 0 Å². The number of nitrogens with one attached hydrogen (secondary N) is 2. The van der Waals surface area contributed by atoms with Gasteiger partial charge in [0.1, 0.15) is 5.82 Å². The molecule has 8 heteroatoms. The SMILES string of the molecule is Cc1cc(NC(=O)c2ccc(SNc3nccs3)cc2)n(-c2ccccc2)n1. The number of hydrogen-bond acceptors (Lipinski definition) is 6. The standard InChI is InChI=1S/C20H17N5OS2/c1-14-13-18(25(23-14)16-5-3-2-4-6-16)22-19(26)15-7-9-17(10-8-15)28-24-20-21-11-12-27-20/h2-13H,1H3,(H,21,24)(H,22,26). The van der Waals surface area contributed by atoms with Gasteiger partial charge in [0.05, 0.1) is 11.4 Å². The molecule has 0 saturated heterocycles. The third-order valence-electron chi connectivity index (χ3n) is 3.88. The zero-order chi connectivity index (χ0) is 19.3. The van der Waals surface area contributed by atoms with Gasteiger partial charge in [-0.15, -0.1) is 11.3 Å². The summed E-state index contributed by atoms with van der Waals surface area (Å²) in [4.78, 5) is 17.9. The van der Waals surface area contributed by atoms with Crippen LogP contribution >= 0.6 is 23.3 Å². The first-order valence-electron chi connectivity index (χ1n) is 8.55. The van der Waals surface area contributed by atoms with E-state index in [1.807, 2.05) is 60.8 Å². The summed E-state index contributed by atoms with van der Waals surface area (Å²) < 4.78 is 4.90. The van der Waals surface area contributed by atoms with Gasteiger partial charge in [0.15, 0.2) is 5.13 Å². The Labute approximate surface area is 170 Å². The molecule has 0 spiro atoms. The molecule has 0 saturated carbocycles. The van der Waals surface area contributed by atoms with E-state index < -0.39 is 0 Å². The van der Waals surface area contributed by atoms with Crippen molar-refractivity contribution in [2.24, 2.45) is 0 Å². The molecule has 0 unspecified atom stereocenters. The summed E-state index contributed by atoms with van der Waals surface area (Å²) >= 11 is 3.00. The van der Waals surface area contributed by atoms with E-state index in [1.54, 1.807) is 23.0 Å². The number of anilines is 2. The predicted octanol–water partition coefficient (Wildman–Crippen LogP) is 5.01. The van der Waals surface area contributed by atoms with E-state index in [1.165, 1.54) is 23.3 Å². The average Bonchev–Trinajstić information content (AvgIpc) is 3.37. The van der Waals surface area contributed by atoms with Gasteiger partial charge in [0.25, 0.3) is 5.91 Å². The minimum Gasteiger partial charge on any atom is -0.306 e. The van der Waals surface area contributed by atoms with Crippen LogP contribution in [0, 0.1) is 6.92 Å². The zero-order valence-electron chi connectivity index (χ0n) is 15.0. The quantitative estimate of drug-likeness (QED) is 0.440. The first kappa shape index (κ1) is 18.3. The van der Waals surface area contributed by atoms with Crippen molar-refractivity contribution < 1.29 is 4.79 Å². The van der Waals surface area contributed by atoms with Gasteiger partial charge in [0, 0.05) is 28.1 Å². The lowest BCUT2D eigenvalue weighted by molar-refractivity contribution is 0.102. The van der Waals surface area contributed by atoms with Crippen molar-refractivity contribution in [3.63, 3.8) is 0 Å². The second-order valence-corrected chi connectivity index (χ2v) is 7.71. The van der Waals surface area contributed by atoms with Crippen molar-refractivity contribution in [3.8, 4) is 5.69 Å². The van der Waals surface area contributed by atoms with Crippen LogP contribution in [0.4, 0.5) is 10.9 Å². The maximum absolute atomic E-state index is 12.7. The highest BCUT2D eigenvalue weighted by molar-refractivity contribution is 8.00. The van der Waals surface area contributed by atoms with Gasteiger partial charge in [-0.1, -0.05) is 18.2 Å². The lowest BCUT2D eigenvalue weighted by Gasteiger charge is -2.09. The van der Waals surface area contributed by atoms with Gasteiger partial charge in [-0.25, -0.2) is 9.67 Å².